The number of esters is 10. The molecule has 30 nitrogen and oxygen atoms in total. The fraction of sp³-hybridized carbons (Fsp3) is 0.690. The quantitative estimate of drug-likeness (QED) is 0.0248. The van der Waals surface area contributed by atoms with E-state index in [1.165, 1.54) is 28.3 Å². The highest BCUT2D eigenvalue weighted by atomic mass is 16.6. The van der Waals surface area contributed by atoms with E-state index in [1.807, 2.05) is 83.1 Å². The average Bonchev–Trinajstić information content (AvgIpc) is 1.05. The van der Waals surface area contributed by atoms with Crippen LogP contribution in [-0.4, -0.2) is 217 Å². The molecule has 6 atom stereocenters. The summed E-state index contributed by atoms with van der Waals surface area (Å²) < 4.78 is 60.6. The molecule has 0 aromatic heterocycles. The Morgan fingerprint density at radius 3 is 1.22 bits per heavy atom. The van der Waals surface area contributed by atoms with Crippen molar-refractivity contribution in [1.29, 1.82) is 0 Å². The van der Waals surface area contributed by atoms with Crippen LogP contribution in [-0.2, 0) is 124 Å². The van der Waals surface area contributed by atoms with Gasteiger partial charge in [0.2, 0.25) is 11.8 Å². The van der Waals surface area contributed by atoms with Crippen molar-refractivity contribution >= 4 is 83.4 Å². The molecule has 0 aromatic carbocycles. The van der Waals surface area contributed by atoms with Crippen LogP contribution in [0.4, 0.5) is 0 Å². The molecule has 2 N–H and O–H groups in total. The van der Waals surface area contributed by atoms with Crippen LogP contribution in [0, 0.1) is 69.5 Å². The highest BCUT2D eigenvalue weighted by Gasteiger charge is 2.50. The minimum atomic E-state index is -1.54. The lowest BCUT2D eigenvalue weighted by Crippen LogP contribution is -2.47. The minimum absolute atomic E-state index is 0.0103. The van der Waals surface area contributed by atoms with Crippen molar-refractivity contribution in [3.8, 4) is 0 Å². The summed E-state index contributed by atoms with van der Waals surface area (Å²) in [6.07, 6.45) is 6.06. The second kappa shape index (κ2) is 62.3. The van der Waals surface area contributed by atoms with Gasteiger partial charge in [-0.25, -0.2) is 28.8 Å². The summed E-state index contributed by atoms with van der Waals surface area (Å²) in [7, 11) is 5.53. The van der Waals surface area contributed by atoms with Gasteiger partial charge in [0.25, 0.3) is 0 Å². The second-order valence-corrected chi connectivity index (χ2v) is 31.2. The standard InChI is InChI=1S/C43H73NO14.C12H20O4.C8H14O2.C7H12O3.C6H9NO.C5H8O2.C3H4O2/c1-27(2)23-56-36(48)30(7)33(37(49)57-24-28(3)4)22-42(10,40(52)58-25-29(5)6)21-32(44-16-14-15-34(44)45)19-31(35(46)47)20-43(11,39(51)54-13)26-41(8,9)38(50)55-18-17-53-12;1-9(2)7-15-11(13)5-6-12(14)16-8-10(3)4;1-6(2)5-10-8(9)7(3)4;1-6(2)7(8)10-5-4-9-3;1-2-7-5-3-4-6(7)8;1-4(2)5(6)7-3;1-2-3(4)5/h27-33H,14-26H2,1-13H3,(H,46,47);5-6,9-10H,7-8H2,1-4H3;6H,3,5H2,1-2,4H3;1,4-5H2,2-3H3;2H,1,3-5H2;1H2,2-3H3;2H,1H2,(H,4,5)/b;6-5+;;;;;. The molecule has 2 heterocycles. The molecular formula is C84H140N2O28. The normalized spacial score (nSPS) is 14.2. The lowest BCUT2D eigenvalue weighted by atomic mass is 9.68. The summed E-state index contributed by atoms with van der Waals surface area (Å²) in [5.41, 5.74) is -2.98. The lowest BCUT2D eigenvalue weighted by molar-refractivity contribution is -0.168. The van der Waals surface area contributed by atoms with Crippen LogP contribution in [0.3, 0.4) is 0 Å². The number of nitrogens with zero attached hydrogens (tertiary/aromatic N) is 2. The van der Waals surface area contributed by atoms with Crippen LogP contribution in [0.15, 0.2) is 74.0 Å². The number of ether oxygens (including phenoxy) is 12. The number of carboxylic acid groups (broad SMARTS) is 2. The fourth-order valence-corrected chi connectivity index (χ4v) is 9.96. The van der Waals surface area contributed by atoms with Crippen LogP contribution in [0.5, 0.6) is 0 Å². The molecule has 6 unspecified atom stereocenters. The van der Waals surface area contributed by atoms with Crippen LogP contribution in [0.1, 0.15) is 196 Å². The molecule has 2 aliphatic rings. The Morgan fingerprint density at radius 2 is 0.868 bits per heavy atom. The summed E-state index contributed by atoms with van der Waals surface area (Å²) in [6.45, 7) is 55.9. The summed E-state index contributed by atoms with van der Waals surface area (Å²) in [4.78, 5) is 172. The Balaban J connectivity index is -0.000000556. The van der Waals surface area contributed by atoms with E-state index in [2.05, 4.69) is 47.1 Å². The van der Waals surface area contributed by atoms with Gasteiger partial charge in [-0.1, -0.05) is 123 Å². The van der Waals surface area contributed by atoms with Crippen LogP contribution < -0.4 is 0 Å². The molecule has 0 radical (unpaired) electrons. The predicted octanol–water partition coefficient (Wildman–Crippen LogP) is 12.1. The zero-order valence-electron chi connectivity index (χ0n) is 72.9. The molecule has 654 valence electrons. The maximum absolute atomic E-state index is 14.3. The number of likely N-dealkylation sites (tertiary alicyclic amines) is 2. The lowest BCUT2D eigenvalue weighted by Gasteiger charge is -2.40. The second-order valence-electron chi connectivity index (χ2n) is 31.2. The first-order valence-electron chi connectivity index (χ1n) is 38.2. The Kier molecular flexibility index (Phi) is 62.1. The van der Waals surface area contributed by atoms with E-state index in [0.29, 0.717) is 75.1 Å². The number of carbonyl (C=O) groups excluding carboxylic acids is 12. The highest BCUT2D eigenvalue weighted by molar-refractivity contribution is 5.92. The summed E-state index contributed by atoms with van der Waals surface area (Å²) in [5, 5.41) is 18.3. The summed E-state index contributed by atoms with van der Waals surface area (Å²) in [6, 6.07) is -0.878. The average molecular weight is 1630 g/mol. The molecule has 2 saturated heterocycles. The van der Waals surface area contributed by atoms with Crippen molar-refractivity contribution in [2.75, 3.05) is 108 Å². The first-order chi connectivity index (χ1) is 52.8. The molecule has 2 fully saturated rings. The van der Waals surface area contributed by atoms with E-state index in [4.69, 9.17) is 47.7 Å². The maximum Gasteiger partial charge on any atom is 0.333 e. The van der Waals surface area contributed by atoms with Crippen molar-refractivity contribution in [3.63, 3.8) is 0 Å². The zero-order valence-corrected chi connectivity index (χ0v) is 72.9. The van der Waals surface area contributed by atoms with Crippen molar-refractivity contribution in [1.82, 2.24) is 9.80 Å². The fourth-order valence-electron chi connectivity index (χ4n) is 9.96. The van der Waals surface area contributed by atoms with Gasteiger partial charge in [0, 0.05) is 81.1 Å². The Morgan fingerprint density at radius 1 is 0.465 bits per heavy atom. The van der Waals surface area contributed by atoms with Crippen LogP contribution in [0.25, 0.3) is 0 Å². The van der Waals surface area contributed by atoms with Gasteiger partial charge in [-0.05, 0) is 135 Å². The number of aliphatic carboxylic acids is 2. The highest BCUT2D eigenvalue weighted by Crippen LogP contribution is 2.44. The molecule has 2 rings (SSSR count). The molecule has 0 spiro atoms. The third-order valence-corrected chi connectivity index (χ3v) is 15.8. The number of rotatable bonds is 43. The van der Waals surface area contributed by atoms with Crippen molar-refractivity contribution in [2.24, 2.45) is 69.5 Å². The van der Waals surface area contributed by atoms with Crippen molar-refractivity contribution < 1.29 is 134 Å². The van der Waals surface area contributed by atoms with Gasteiger partial charge in [-0.3, -0.25) is 38.4 Å². The van der Waals surface area contributed by atoms with Gasteiger partial charge in [0.1, 0.15) is 13.2 Å². The number of hydrogen-bond donors (Lipinski definition) is 2. The smallest absolute Gasteiger partial charge is 0.333 e. The number of carboxylic acids is 2. The predicted molar refractivity (Wildman–Crippen MR) is 429 cm³/mol. The molecule has 2 amide bonds. The first kappa shape index (κ1) is 114. The van der Waals surface area contributed by atoms with Crippen molar-refractivity contribution in [2.45, 2.75) is 202 Å². The van der Waals surface area contributed by atoms with Gasteiger partial charge in [0.15, 0.2) is 0 Å². The number of carbonyl (C=O) groups is 14. The zero-order chi connectivity index (χ0) is 89.4. The molecule has 0 aromatic rings. The van der Waals surface area contributed by atoms with E-state index in [-0.39, 0.29) is 131 Å². The van der Waals surface area contributed by atoms with E-state index < -0.39 is 93.8 Å². The summed E-state index contributed by atoms with van der Waals surface area (Å²) >= 11 is 0. The molecule has 114 heavy (non-hydrogen) atoms. The van der Waals surface area contributed by atoms with Gasteiger partial charge < -0.3 is 76.9 Å². The van der Waals surface area contributed by atoms with Gasteiger partial charge in [0.05, 0.1) is 101 Å². The Labute approximate surface area is 678 Å². The Bertz CT molecular complexity index is 3040. The Hall–Kier alpha value is -9.06. The SMILES string of the molecule is C=C(C)C(=O)OC.C=C(C)C(=O)OCC(C)C.C=C(C)C(=O)OCCOC.C=CC(=O)O.C=CN1CCCC1=O.CC(C)COC(=O)/C=C/C(=O)OCC(C)C.COCCOC(=O)C(C)(C)CC(C)(CC(CC(CC(C)(CC(C(=O)OCC(C)C)C(C)C(=O)OCC(C)C)C(=O)OCC(C)C)N1CCCC1=O)C(=O)O)C(=O)OC. The largest absolute Gasteiger partial charge is 0.481 e. The minimum Gasteiger partial charge on any atom is -0.481 e. The van der Waals surface area contributed by atoms with E-state index in [9.17, 15) is 72.2 Å². The third kappa shape index (κ3) is 55.4. The molecule has 2 aliphatic heterocycles. The van der Waals surface area contributed by atoms with Gasteiger partial charge in [-0.15, -0.1) is 0 Å². The van der Waals surface area contributed by atoms with Crippen LogP contribution >= 0.6 is 0 Å². The van der Waals surface area contributed by atoms with Gasteiger partial charge >= 0.3 is 71.6 Å². The molecule has 30 heteroatoms. The third-order valence-electron chi connectivity index (χ3n) is 15.8. The molecule has 0 saturated carbocycles. The van der Waals surface area contributed by atoms with Crippen molar-refractivity contribution in [3.05, 3.63) is 74.0 Å². The molecule has 0 bridgehead atoms. The van der Waals surface area contributed by atoms with E-state index in [0.717, 1.165) is 31.2 Å². The number of amides is 2. The topological polar surface area (TPSA) is 397 Å². The van der Waals surface area contributed by atoms with Crippen LogP contribution in [0.2, 0.25) is 0 Å². The van der Waals surface area contributed by atoms with Gasteiger partial charge in [-0.2, -0.15) is 0 Å². The molecule has 0 aliphatic carbocycles. The van der Waals surface area contributed by atoms with E-state index >= 15 is 0 Å². The number of hydrogen-bond acceptors (Lipinski definition) is 26. The maximum atomic E-state index is 14.3. The van der Waals surface area contributed by atoms with E-state index in [1.54, 1.807) is 71.6 Å². The number of methoxy groups -OCH3 is 4. The molecular weight excluding hydrogens is 1480 g/mol. The summed E-state index contributed by atoms with van der Waals surface area (Å²) in [5.74, 6) is -10.2. The monoisotopic (exact) mass is 1620 g/mol. The first-order valence-corrected chi connectivity index (χ1v) is 38.2.